The van der Waals surface area contributed by atoms with E-state index in [9.17, 15) is 24.6 Å². The molecule has 0 radical (unpaired) electrons. The van der Waals surface area contributed by atoms with Crippen LogP contribution in [0.25, 0.3) is 10.8 Å². The van der Waals surface area contributed by atoms with Crippen molar-refractivity contribution in [3.63, 3.8) is 0 Å². The Morgan fingerprint density at radius 1 is 1.05 bits per heavy atom. The van der Waals surface area contributed by atoms with Gasteiger partial charge in [-0.2, -0.15) is 0 Å². The Labute approximate surface area is 118 Å². The summed E-state index contributed by atoms with van der Waals surface area (Å²) in [4.78, 5) is 34.7. The van der Waals surface area contributed by atoms with E-state index in [1.807, 2.05) is 0 Å². The van der Waals surface area contributed by atoms with Gasteiger partial charge in [0.1, 0.15) is 0 Å². The van der Waals surface area contributed by atoms with E-state index in [1.54, 1.807) is 18.2 Å². The molecule has 2 N–H and O–H groups in total. The maximum absolute atomic E-state index is 12.0. The highest BCUT2D eigenvalue weighted by Gasteiger charge is 2.27. The molecule has 2 aromatic rings. The molecule has 0 spiro atoms. The molecule has 0 atom stereocenters. The lowest BCUT2D eigenvalue weighted by atomic mass is 9.94. The third-order valence-corrected chi connectivity index (χ3v) is 2.89. The lowest BCUT2D eigenvalue weighted by Gasteiger charge is -2.11. The van der Waals surface area contributed by atoms with Crippen LogP contribution in [-0.2, 0) is 4.74 Å². The van der Waals surface area contributed by atoms with Crippen LogP contribution in [0.3, 0.4) is 0 Å². The van der Waals surface area contributed by atoms with Gasteiger partial charge in [-0.25, -0.2) is 14.4 Å². The van der Waals surface area contributed by atoms with Gasteiger partial charge in [0.15, 0.2) is 0 Å². The third-order valence-electron chi connectivity index (χ3n) is 2.89. The maximum atomic E-state index is 12.0. The summed E-state index contributed by atoms with van der Waals surface area (Å²) in [6.45, 7) is 3.23. The molecular weight excluding hydrogens is 276 g/mol. The number of hydrogen-bond donors (Lipinski definition) is 2. The van der Waals surface area contributed by atoms with E-state index in [0.717, 1.165) is 6.26 Å². The molecule has 0 aliphatic heterocycles. The summed E-state index contributed by atoms with van der Waals surface area (Å²) in [5, 5.41) is 19.2. The first-order valence-electron chi connectivity index (χ1n) is 5.81. The Balaban J connectivity index is 2.96. The highest BCUT2D eigenvalue weighted by Crippen LogP contribution is 2.27. The van der Waals surface area contributed by atoms with Crippen LogP contribution < -0.4 is 0 Å². The van der Waals surface area contributed by atoms with Gasteiger partial charge < -0.3 is 14.9 Å². The van der Waals surface area contributed by atoms with E-state index in [1.165, 1.54) is 12.1 Å². The minimum absolute atomic E-state index is 0.298. The fourth-order valence-electron chi connectivity index (χ4n) is 2.08. The highest BCUT2D eigenvalue weighted by molar-refractivity contribution is 6.17. The summed E-state index contributed by atoms with van der Waals surface area (Å²) in [5.74, 6) is -3.93. The molecule has 0 fully saturated rings. The number of benzene rings is 2. The zero-order chi connectivity index (χ0) is 15.6. The minimum Gasteiger partial charge on any atom is -0.478 e. The first-order chi connectivity index (χ1) is 9.97. The number of rotatable bonds is 4. The number of carboxylic acids is 2. The van der Waals surface area contributed by atoms with Crippen LogP contribution in [0.15, 0.2) is 43.2 Å². The number of carbonyl (C=O) groups is 3. The van der Waals surface area contributed by atoms with Gasteiger partial charge in [-0.05, 0) is 16.8 Å². The van der Waals surface area contributed by atoms with Gasteiger partial charge in [0.2, 0.25) is 0 Å². The van der Waals surface area contributed by atoms with Crippen molar-refractivity contribution in [2.24, 2.45) is 0 Å². The number of ether oxygens (including phenoxy) is 1. The lowest BCUT2D eigenvalue weighted by Crippen LogP contribution is -2.16. The molecule has 6 heteroatoms. The van der Waals surface area contributed by atoms with Crippen LogP contribution in [0.2, 0.25) is 0 Å². The molecule has 6 nitrogen and oxygen atoms in total. The van der Waals surface area contributed by atoms with Gasteiger partial charge in [0.05, 0.1) is 23.0 Å². The molecule has 0 aliphatic rings. The molecular formula is C15H10O6. The number of esters is 1. The molecule has 2 aromatic carbocycles. The van der Waals surface area contributed by atoms with Crippen molar-refractivity contribution in [2.75, 3.05) is 0 Å². The summed E-state index contributed by atoms with van der Waals surface area (Å²) in [6.07, 6.45) is 0.857. The summed E-state index contributed by atoms with van der Waals surface area (Å²) < 4.78 is 4.63. The Kier molecular flexibility index (Phi) is 3.71. The number of aromatic carboxylic acids is 2. The molecule has 0 heterocycles. The molecule has 0 aliphatic carbocycles. The molecule has 0 bridgehead atoms. The van der Waals surface area contributed by atoms with E-state index in [4.69, 9.17) is 0 Å². The van der Waals surface area contributed by atoms with Gasteiger partial charge in [0, 0.05) is 0 Å². The van der Waals surface area contributed by atoms with Crippen molar-refractivity contribution >= 4 is 28.7 Å². The topological polar surface area (TPSA) is 101 Å². The molecule has 0 saturated heterocycles. The molecule has 2 rings (SSSR count). The fourth-order valence-corrected chi connectivity index (χ4v) is 2.08. The van der Waals surface area contributed by atoms with Gasteiger partial charge >= 0.3 is 17.9 Å². The molecule has 106 valence electrons. The monoisotopic (exact) mass is 286 g/mol. The summed E-state index contributed by atoms with van der Waals surface area (Å²) in [5.41, 5.74) is -1.39. The lowest BCUT2D eigenvalue weighted by molar-refractivity contribution is 0.0623. The Morgan fingerprint density at radius 2 is 1.71 bits per heavy atom. The minimum atomic E-state index is -1.52. The largest absolute Gasteiger partial charge is 0.478 e. The molecule has 21 heavy (non-hydrogen) atoms. The summed E-state index contributed by atoms with van der Waals surface area (Å²) >= 11 is 0. The number of hydrogen-bond acceptors (Lipinski definition) is 4. The van der Waals surface area contributed by atoms with Crippen molar-refractivity contribution < 1.29 is 29.3 Å². The zero-order valence-corrected chi connectivity index (χ0v) is 10.7. The first-order valence-corrected chi connectivity index (χ1v) is 5.81. The fraction of sp³-hybridized carbons (Fsp3) is 0. The first kappa shape index (κ1) is 14.3. The number of carbonyl (C=O) groups excluding carboxylic acids is 1. The van der Waals surface area contributed by atoms with Gasteiger partial charge in [0.25, 0.3) is 0 Å². The maximum Gasteiger partial charge on any atom is 0.344 e. The van der Waals surface area contributed by atoms with E-state index in [-0.39, 0.29) is 5.56 Å². The smallest absolute Gasteiger partial charge is 0.344 e. The van der Waals surface area contributed by atoms with Crippen LogP contribution in [0.5, 0.6) is 0 Å². The Hall–Kier alpha value is -3.15. The number of carboxylic acid groups (broad SMARTS) is 2. The average molecular weight is 286 g/mol. The van der Waals surface area contributed by atoms with Crippen LogP contribution in [0, 0.1) is 0 Å². The predicted molar refractivity (Wildman–Crippen MR) is 73.5 cm³/mol. The van der Waals surface area contributed by atoms with Crippen LogP contribution in [0.4, 0.5) is 0 Å². The van der Waals surface area contributed by atoms with Gasteiger partial charge in [-0.15, -0.1) is 0 Å². The van der Waals surface area contributed by atoms with Crippen molar-refractivity contribution in [3.05, 3.63) is 59.9 Å². The SMILES string of the molecule is C=COC(=O)c1c(C(=O)O)c(C(=O)O)cc2ccccc12. The van der Waals surface area contributed by atoms with Crippen molar-refractivity contribution in [2.45, 2.75) is 0 Å². The zero-order valence-electron chi connectivity index (χ0n) is 10.7. The Morgan fingerprint density at radius 3 is 2.29 bits per heavy atom. The van der Waals surface area contributed by atoms with Crippen molar-refractivity contribution in [1.29, 1.82) is 0 Å². The third kappa shape index (κ3) is 2.46. The van der Waals surface area contributed by atoms with Gasteiger partial charge in [-0.1, -0.05) is 30.8 Å². The van der Waals surface area contributed by atoms with E-state index >= 15 is 0 Å². The second-order valence-electron chi connectivity index (χ2n) is 4.08. The second kappa shape index (κ2) is 5.46. The quantitative estimate of drug-likeness (QED) is 0.661. The second-order valence-corrected chi connectivity index (χ2v) is 4.08. The van der Waals surface area contributed by atoms with E-state index in [0.29, 0.717) is 10.8 Å². The van der Waals surface area contributed by atoms with Crippen molar-refractivity contribution in [1.82, 2.24) is 0 Å². The van der Waals surface area contributed by atoms with Gasteiger partial charge in [-0.3, -0.25) is 0 Å². The van der Waals surface area contributed by atoms with E-state index < -0.39 is 29.0 Å². The van der Waals surface area contributed by atoms with Crippen molar-refractivity contribution in [3.8, 4) is 0 Å². The Bertz CT molecular complexity index is 775. The summed E-state index contributed by atoms with van der Waals surface area (Å²) in [7, 11) is 0. The normalized spacial score (nSPS) is 10.1. The van der Waals surface area contributed by atoms with E-state index in [2.05, 4.69) is 11.3 Å². The standard InChI is InChI=1S/C15H10O6/c1-2-21-15(20)12-9-6-4-3-5-8(9)7-10(13(16)17)11(12)14(18)19/h2-7H,1H2,(H,16,17)(H,18,19). The predicted octanol–water partition coefficient (Wildman–Crippen LogP) is 2.54. The molecule has 0 aromatic heterocycles. The number of fused-ring (bicyclic) bond motifs is 1. The summed E-state index contributed by atoms with van der Waals surface area (Å²) in [6, 6.07) is 7.58. The van der Waals surface area contributed by atoms with Crippen LogP contribution in [-0.4, -0.2) is 28.1 Å². The van der Waals surface area contributed by atoms with Crippen LogP contribution in [0.1, 0.15) is 31.1 Å². The molecule has 0 amide bonds. The molecule has 0 unspecified atom stereocenters. The average Bonchev–Trinajstić information content (AvgIpc) is 2.45. The highest BCUT2D eigenvalue weighted by atomic mass is 16.5. The van der Waals surface area contributed by atoms with Crippen LogP contribution >= 0.6 is 0 Å². The molecule has 0 saturated carbocycles.